The van der Waals surface area contributed by atoms with Crippen LogP contribution in [0.5, 0.6) is 0 Å². The van der Waals surface area contributed by atoms with Crippen molar-refractivity contribution < 1.29 is 14.3 Å². The SMILES string of the molecule is CCCCCCCNC(=O)NCC(=O)OCC. The zero-order chi connectivity index (χ0) is 12.9. The quantitative estimate of drug-likeness (QED) is 0.480. The van der Waals surface area contributed by atoms with Gasteiger partial charge in [-0.1, -0.05) is 32.6 Å². The van der Waals surface area contributed by atoms with Crippen molar-refractivity contribution in [3.05, 3.63) is 0 Å². The van der Waals surface area contributed by atoms with E-state index in [2.05, 4.69) is 22.3 Å². The van der Waals surface area contributed by atoms with Crippen molar-refractivity contribution in [1.82, 2.24) is 10.6 Å². The van der Waals surface area contributed by atoms with Crippen molar-refractivity contribution in [2.75, 3.05) is 19.7 Å². The van der Waals surface area contributed by atoms with Gasteiger partial charge in [0.1, 0.15) is 6.54 Å². The van der Waals surface area contributed by atoms with Crippen LogP contribution in [-0.4, -0.2) is 31.7 Å². The number of amides is 2. The molecule has 0 atom stereocenters. The smallest absolute Gasteiger partial charge is 0.325 e. The van der Waals surface area contributed by atoms with Gasteiger partial charge in [0, 0.05) is 6.54 Å². The van der Waals surface area contributed by atoms with Crippen LogP contribution in [-0.2, 0) is 9.53 Å². The summed E-state index contributed by atoms with van der Waals surface area (Å²) >= 11 is 0. The third-order valence-electron chi connectivity index (χ3n) is 2.26. The van der Waals surface area contributed by atoms with Crippen LogP contribution in [0.1, 0.15) is 46.0 Å². The van der Waals surface area contributed by atoms with Crippen LogP contribution in [0.25, 0.3) is 0 Å². The van der Waals surface area contributed by atoms with Gasteiger partial charge in [-0.3, -0.25) is 4.79 Å². The van der Waals surface area contributed by atoms with Gasteiger partial charge in [-0.25, -0.2) is 4.79 Å². The highest BCUT2D eigenvalue weighted by atomic mass is 16.5. The zero-order valence-electron chi connectivity index (χ0n) is 10.9. The van der Waals surface area contributed by atoms with E-state index >= 15 is 0 Å². The molecule has 17 heavy (non-hydrogen) atoms. The molecule has 0 spiro atoms. The molecule has 0 radical (unpaired) electrons. The fraction of sp³-hybridized carbons (Fsp3) is 0.833. The number of carbonyl (C=O) groups excluding carboxylic acids is 2. The number of hydrogen-bond donors (Lipinski definition) is 2. The molecular formula is C12H24N2O3. The van der Waals surface area contributed by atoms with Gasteiger partial charge in [-0.2, -0.15) is 0 Å². The molecule has 5 heteroatoms. The first kappa shape index (κ1) is 15.7. The average Bonchev–Trinajstić information content (AvgIpc) is 2.31. The van der Waals surface area contributed by atoms with Crippen LogP contribution in [0.3, 0.4) is 0 Å². The van der Waals surface area contributed by atoms with E-state index in [0.29, 0.717) is 13.2 Å². The molecule has 0 aromatic heterocycles. The number of unbranched alkanes of at least 4 members (excludes halogenated alkanes) is 4. The van der Waals surface area contributed by atoms with E-state index in [0.717, 1.165) is 12.8 Å². The van der Waals surface area contributed by atoms with Gasteiger partial charge in [0.05, 0.1) is 6.61 Å². The molecule has 0 unspecified atom stereocenters. The minimum atomic E-state index is -0.411. The maximum atomic E-state index is 11.2. The number of hydrogen-bond acceptors (Lipinski definition) is 3. The number of nitrogens with one attached hydrogen (secondary N) is 2. The van der Waals surface area contributed by atoms with Gasteiger partial charge in [-0.15, -0.1) is 0 Å². The predicted octanol–water partition coefficient (Wildman–Crippen LogP) is 1.82. The molecule has 5 nitrogen and oxygen atoms in total. The Morgan fingerprint density at radius 3 is 2.35 bits per heavy atom. The van der Waals surface area contributed by atoms with Crippen LogP contribution in [0.2, 0.25) is 0 Å². The fourth-order valence-electron chi connectivity index (χ4n) is 1.36. The standard InChI is InChI=1S/C12H24N2O3/c1-3-5-6-7-8-9-13-12(16)14-10-11(15)17-4-2/h3-10H2,1-2H3,(H2,13,14,16). The molecule has 0 heterocycles. The van der Waals surface area contributed by atoms with E-state index in [-0.39, 0.29) is 12.6 Å². The van der Waals surface area contributed by atoms with Crippen LogP contribution in [0.4, 0.5) is 4.79 Å². The minimum Gasteiger partial charge on any atom is -0.465 e. The van der Waals surface area contributed by atoms with E-state index in [1.54, 1.807) is 6.92 Å². The number of esters is 1. The summed E-state index contributed by atoms with van der Waals surface area (Å²) in [6, 6.07) is -0.312. The summed E-state index contributed by atoms with van der Waals surface area (Å²) in [6.45, 7) is 4.81. The molecule has 0 saturated heterocycles. The second-order valence-electron chi connectivity index (χ2n) is 3.83. The molecule has 0 fully saturated rings. The largest absolute Gasteiger partial charge is 0.465 e. The maximum absolute atomic E-state index is 11.2. The Labute approximate surface area is 103 Å². The molecule has 2 N–H and O–H groups in total. The lowest BCUT2D eigenvalue weighted by molar-refractivity contribution is -0.141. The first-order valence-corrected chi connectivity index (χ1v) is 6.38. The normalized spacial score (nSPS) is 9.76. The predicted molar refractivity (Wildman–Crippen MR) is 66.8 cm³/mol. The summed E-state index contributed by atoms with van der Waals surface area (Å²) in [7, 11) is 0. The lowest BCUT2D eigenvalue weighted by Crippen LogP contribution is -2.39. The Kier molecular flexibility index (Phi) is 10.4. The molecule has 0 bridgehead atoms. The first-order valence-electron chi connectivity index (χ1n) is 6.38. The summed E-state index contributed by atoms with van der Waals surface area (Å²) in [5.74, 6) is -0.411. The lowest BCUT2D eigenvalue weighted by Gasteiger charge is -2.07. The molecule has 2 amide bonds. The van der Waals surface area contributed by atoms with Gasteiger partial charge in [0.15, 0.2) is 0 Å². The van der Waals surface area contributed by atoms with Crippen molar-refractivity contribution in [3.63, 3.8) is 0 Å². The third-order valence-corrected chi connectivity index (χ3v) is 2.26. The Morgan fingerprint density at radius 1 is 1.00 bits per heavy atom. The summed E-state index contributed by atoms with van der Waals surface area (Å²) in [6.07, 6.45) is 5.78. The van der Waals surface area contributed by atoms with Gasteiger partial charge < -0.3 is 15.4 Å². The summed E-state index contributed by atoms with van der Waals surface area (Å²) in [5, 5.41) is 5.14. The van der Waals surface area contributed by atoms with Crippen LogP contribution < -0.4 is 10.6 Å². The summed E-state index contributed by atoms with van der Waals surface area (Å²) in [5.41, 5.74) is 0. The second-order valence-corrected chi connectivity index (χ2v) is 3.83. The molecule has 0 aromatic rings. The summed E-state index contributed by atoms with van der Waals surface area (Å²) in [4.78, 5) is 22.1. The van der Waals surface area contributed by atoms with Gasteiger partial charge in [0.25, 0.3) is 0 Å². The summed E-state index contributed by atoms with van der Waals surface area (Å²) < 4.78 is 4.68. The van der Waals surface area contributed by atoms with Crippen LogP contribution in [0.15, 0.2) is 0 Å². The molecule has 100 valence electrons. The second kappa shape index (κ2) is 11.2. The van der Waals surface area contributed by atoms with Crippen molar-refractivity contribution in [1.29, 1.82) is 0 Å². The van der Waals surface area contributed by atoms with Crippen LogP contribution in [0, 0.1) is 0 Å². The van der Waals surface area contributed by atoms with Crippen LogP contribution >= 0.6 is 0 Å². The molecule has 0 aromatic carbocycles. The monoisotopic (exact) mass is 244 g/mol. The number of urea groups is 1. The molecule has 0 aliphatic rings. The van der Waals surface area contributed by atoms with Crippen molar-refractivity contribution in [3.8, 4) is 0 Å². The van der Waals surface area contributed by atoms with E-state index in [1.807, 2.05) is 0 Å². The van der Waals surface area contributed by atoms with Crippen molar-refractivity contribution in [2.24, 2.45) is 0 Å². The minimum absolute atomic E-state index is 0.0739. The van der Waals surface area contributed by atoms with Crippen molar-refractivity contribution >= 4 is 12.0 Å². The van der Waals surface area contributed by atoms with Gasteiger partial charge in [0.2, 0.25) is 0 Å². The van der Waals surface area contributed by atoms with Gasteiger partial charge in [-0.05, 0) is 13.3 Å². The van der Waals surface area contributed by atoms with Crippen molar-refractivity contribution in [2.45, 2.75) is 46.0 Å². The van der Waals surface area contributed by atoms with E-state index < -0.39 is 5.97 Å². The molecular weight excluding hydrogens is 220 g/mol. The first-order chi connectivity index (χ1) is 8.20. The Hall–Kier alpha value is -1.26. The lowest BCUT2D eigenvalue weighted by atomic mass is 10.1. The molecule has 0 aliphatic carbocycles. The fourth-order valence-corrected chi connectivity index (χ4v) is 1.36. The zero-order valence-corrected chi connectivity index (χ0v) is 10.9. The number of ether oxygens (including phenoxy) is 1. The highest BCUT2D eigenvalue weighted by Gasteiger charge is 2.04. The highest BCUT2D eigenvalue weighted by molar-refractivity contribution is 5.80. The number of carbonyl (C=O) groups is 2. The van der Waals surface area contributed by atoms with E-state index in [4.69, 9.17) is 0 Å². The Balaban J connectivity index is 3.31. The third kappa shape index (κ3) is 11.0. The maximum Gasteiger partial charge on any atom is 0.325 e. The Morgan fingerprint density at radius 2 is 1.71 bits per heavy atom. The molecule has 0 rings (SSSR count). The number of rotatable bonds is 9. The molecule has 0 aliphatic heterocycles. The van der Waals surface area contributed by atoms with Gasteiger partial charge >= 0.3 is 12.0 Å². The Bertz CT molecular complexity index is 220. The van der Waals surface area contributed by atoms with E-state index in [1.165, 1.54) is 19.3 Å². The highest BCUT2D eigenvalue weighted by Crippen LogP contribution is 2.00. The average molecular weight is 244 g/mol. The topological polar surface area (TPSA) is 67.4 Å². The molecule has 0 saturated carbocycles. The van der Waals surface area contributed by atoms with E-state index in [9.17, 15) is 9.59 Å².